The quantitative estimate of drug-likeness (QED) is 0.436. The van der Waals surface area contributed by atoms with E-state index in [0.717, 1.165) is 5.33 Å². The fourth-order valence-corrected chi connectivity index (χ4v) is 0.782. The third-order valence-electron chi connectivity index (χ3n) is 0.771. The molecule has 1 aliphatic rings. The van der Waals surface area contributed by atoms with E-state index in [9.17, 15) is 0 Å². The maximum absolute atomic E-state index is 3.15. The molecule has 0 nitrogen and oxygen atoms in total. The number of rotatable bonds is 0. The molecule has 0 atom stereocenters. The normalized spacial score (nSPS) is 14.1. The van der Waals surface area contributed by atoms with E-state index in [-0.39, 0.29) is 0 Å². The zero-order valence-corrected chi connectivity index (χ0v) is 8.67. The first-order valence-electron chi connectivity index (χ1n) is 2.94. The Kier molecular flexibility index (Phi) is 7.30. The van der Waals surface area contributed by atoms with E-state index in [0.29, 0.717) is 0 Å². The molecule has 0 bridgehead atoms. The van der Waals surface area contributed by atoms with E-state index in [4.69, 9.17) is 0 Å². The van der Waals surface area contributed by atoms with Crippen molar-refractivity contribution >= 4 is 15.9 Å². The topological polar surface area (TPSA) is 0 Å². The van der Waals surface area contributed by atoms with Gasteiger partial charge in [0.2, 0.25) is 0 Å². The molecule has 0 unspecified atom stereocenters. The summed E-state index contributed by atoms with van der Waals surface area (Å²) in [5.74, 6) is 0. The fourth-order valence-electron chi connectivity index (χ4n) is 0.447. The number of hydrogen-bond donors (Lipinski definition) is 0. The zero-order chi connectivity index (χ0) is 7.11. The van der Waals surface area contributed by atoms with Crippen molar-refractivity contribution in [3.8, 4) is 0 Å². The van der Waals surface area contributed by atoms with Gasteiger partial charge in [0, 0.05) is 5.33 Å². The minimum absolute atomic E-state index is 1.06. The predicted molar refractivity (Wildman–Crippen MR) is 41.3 cm³/mol. The fraction of sp³-hybridized carbons (Fsp3) is 0.429. The predicted octanol–water partition coefficient (Wildman–Crippen LogP) is 2.78. The molecule has 0 saturated heterocycles. The second-order valence-corrected chi connectivity index (χ2v) is 3.72. The van der Waals surface area contributed by atoms with Gasteiger partial charge in [0.15, 0.2) is 0 Å². The summed E-state index contributed by atoms with van der Waals surface area (Å²) >= 11 is 5.28. The van der Waals surface area contributed by atoms with Crippen molar-refractivity contribution in [1.82, 2.24) is 0 Å². The number of hydrogen-bond acceptors (Lipinski definition) is 0. The number of allylic oxidation sites excluding steroid dienone is 4. The van der Waals surface area contributed by atoms with Crippen LogP contribution in [0, 0.1) is 0 Å². The van der Waals surface area contributed by atoms with Crippen LogP contribution in [0.2, 0.25) is 0 Å². The van der Waals surface area contributed by atoms with Crippen molar-refractivity contribution in [2.75, 3.05) is 5.33 Å². The average Bonchev–Trinajstić information content (AvgIpc) is 2.20. The van der Waals surface area contributed by atoms with Gasteiger partial charge >= 0.3 is 49.0 Å². The van der Waals surface area contributed by atoms with Crippen LogP contribution in [0.4, 0.5) is 0 Å². The molecule has 0 N–H and O–H groups in total. The molecule has 9 heavy (non-hydrogen) atoms. The molecule has 0 heterocycles. The Bertz CT molecular complexity index is 116. The summed E-state index contributed by atoms with van der Waals surface area (Å²) in [5.41, 5.74) is 0. The summed E-state index contributed by atoms with van der Waals surface area (Å²) < 4.78 is 1.47. The molecule has 0 radical (unpaired) electrons. The summed E-state index contributed by atoms with van der Waals surface area (Å²) in [6, 6.07) is 0. The van der Waals surface area contributed by atoms with Crippen molar-refractivity contribution in [2.24, 2.45) is 0 Å². The van der Waals surface area contributed by atoms with Gasteiger partial charge in [-0.2, -0.15) is 0 Å². The molecule has 1 aliphatic carbocycles. The van der Waals surface area contributed by atoms with Gasteiger partial charge in [0.25, 0.3) is 0 Å². The molecule has 0 aromatic rings. The molecular formula is C7H10BrTi. The summed E-state index contributed by atoms with van der Waals surface area (Å²) in [6.07, 6.45) is 7.56. The first kappa shape index (κ1) is 9.67. The van der Waals surface area contributed by atoms with Crippen LogP contribution in [0.1, 0.15) is 13.3 Å². The molecule has 0 saturated carbocycles. The van der Waals surface area contributed by atoms with E-state index in [1.165, 1.54) is 10.3 Å². The van der Waals surface area contributed by atoms with Crippen molar-refractivity contribution in [3.63, 3.8) is 0 Å². The first-order chi connectivity index (χ1) is 4.31. The van der Waals surface area contributed by atoms with Gasteiger partial charge in [-0.05, 0) is 0 Å². The van der Waals surface area contributed by atoms with E-state index < -0.39 is 0 Å². The van der Waals surface area contributed by atoms with Crippen LogP contribution >= 0.6 is 15.9 Å². The van der Waals surface area contributed by atoms with E-state index in [2.05, 4.69) is 54.6 Å². The average molecular weight is 222 g/mol. The second-order valence-electron chi connectivity index (χ2n) is 1.59. The summed E-state index contributed by atoms with van der Waals surface area (Å²) in [4.78, 5) is 0. The monoisotopic (exact) mass is 221 g/mol. The molecule has 0 fully saturated rings. The van der Waals surface area contributed by atoms with Gasteiger partial charge in [0.05, 0.1) is 0 Å². The Labute approximate surface area is 76.9 Å². The van der Waals surface area contributed by atoms with Crippen molar-refractivity contribution < 1.29 is 20.4 Å². The molecule has 0 spiro atoms. The zero-order valence-electron chi connectivity index (χ0n) is 5.52. The summed E-state index contributed by atoms with van der Waals surface area (Å²) in [7, 11) is 0. The number of halogens is 1. The molecule has 0 aliphatic heterocycles. The van der Waals surface area contributed by atoms with Gasteiger partial charge in [0.1, 0.15) is 0 Å². The summed E-state index contributed by atoms with van der Waals surface area (Å²) in [5, 5.41) is 1.06. The van der Waals surface area contributed by atoms with Crippen LogP contribution in [0.5, 0.6) is 0 Å². The van der Waals surface area contributed by atoms with Crippen molar-refractivity contribution in [3.05, 3.63) is 22.1 Å². The molecular weight excluding hydrogens is 212 g/mol. The Hall–Kier alpha value is 0.674. The van der Waals surface area contributed by atoms with E-state index >= 15 is 0 Å². The maximum atomic E-state index is 3.15. The van der Waals surface area contributed by atoms with Gasteiger partial charge in [-0.25, -0.2) is 0 Å². The first-order valence-corrected chi connectivity index (χ1v) is 4.84. The van der Waals surface area contributed by atoms with Crippen LogP contribution in [0.3, 0.4) is 0 Å². The van der Waals surface area contributed by atoms with Gasteiger partial charge < -0.3 is 0 Å². The van der Waals surface area contributed by atoms with Gasteiger partial charge in [-0.1, -0.05) is 22.9 Å². The SMILES string of the molecule is CCBr.[Ti][C]1=CC=CC1. The third-order valence-corrected chi connectivity index (χ3v) is 1.35. The standard InChI is InChI=1S/C5H5.C2H5Br.Ti/c1-2-4-5-3-1;1-2-3;/h1-3H,4H2;2H2,1H3;. The van der Waals surface area contributed by atoms with E-state index in [1.54, 1.807) is 0 Å². The van der Waals surface area contributed by atoms with Crippen molar-refractivity contribution in [1.29, 1.82) is 0 Å². The van der Waals surface area contributed by atoms with E-state index in [1.807, 2.05) is 6.92 Å². The summed E-state index contributed by atoms with van der Waals surface area (Å²) in [6.45, 7) is 2.04. The van der Waals surface area contributed by atoms with Gasteiger partial charge in [-0.15, -0.1) is 0 Å². The molecule has 1 rings (SSSR count). The molecule has 2 heteroatoms. The second kappa shape index (κ2) is 6.79. The Morgan fingerprint density at radius 2 is 2.33 bits per heavy atom. The van der Waals surface area contributed by atoms with Crippen LogP contribution in [-0.4, -0.2) is 5.33 Å². The molecule has 49 valence electrons. The Morgan fingerprint density at radius 3 is 2.44 bits per heavy atom. The van der Waals surface area contributed by atoms with Gasteiger partial charge in [-0.3, -0.25) is 0 Å². The third kappa shape index (κ3) is 6.56. The number of alkyl halides is 1. The van der Waals surface area contributed by atoms with Crippen LogP contribution < -0.4 is 0 Å². The van der Waals surface area contributed by atoms with Crippen molar-refractivity contribution in [2.45, 2.75) is 13.3 Å². The van der Waals surface area contributed by atoms with Crippen LogP contribution in [0.15, 0.2) is 22.1 Å². The minimum atomic E-state index is 1.06. The Balaban J connectivity index is 0.000000187. The van der Waals surface area contributed by atoms with Crippen LogP contribution in [0.25, 0.3) is 0 Å². The molecule has 0 aromatic heterocycles. The Morgan fingerprint density at radius 1 is 1.78 bits per heavy atom. The molecule has 0 amide bonds. The van der Waals surface area contributed by atoms with Crippen LogP contribution in [-0.2, 0) is 20.4 Å². The molecule has 0 aromatic carbocycles.